The van der Waals surface area contributed by atoms with Gasteiger partial charge in [0.15, 0.2) is 0 Å². The number of amides is 2. The molecule has 1 aliphatic heterocycles. The number of aryl methyl sites for hydroxylation is 2. The lowest BCUT2D eigenvalue weighted by Gasteiger charge is -2.31. The van der Waals surface area contributed by atoms with Crippen molar-refractivity contribution in [2.75, 3.05) is 12.4 Å². The Balaban J connectivity index is 1.48. The predicted molar refractivity (Wildman–Crippen MR) is 146 cm³/mol. The third kappa shape index (κ3) is 3.98. The number of carbonyl (C=O) groups is 1. The molecule has 2 aliphatic rings. The summed E-state index contributed by atoms with van der Waals surface area (Å²) < 4.78 is 7.69. The minimum Gasteiger partial charge on any atom is -0.497 e. The number of ether oxygens (including phenoxy) is 1. The van der Waals surface area contributed by atoms with Gasteiger partial charge in [0, 0.05) is 16.6 Å². The first-order valence-corrected chi connectivity index (χ1v) is 13.5. The van der Waals surface area contributed by atoms with Crippen LogP contribution in [0.4, 0.5) is 10.5 Å². The van der Waals surface area contributed by atoms with E-state index in [0.29, 0.717) is 17.3 Å². The number of aromatic nitrogens is 1. The Kier molecular flexibility index (Phi) is 6.02. The molecule has 1 atom stereocenters. The highest BCUT2D eigenvalue weighted by molar-refractivity contribution is 7.15. The summed E-state index contributed by atoms with van der Waals surface area (Å²) >= 11 is 8.39. The summed E-state index contributed by atoms with van der Waals surface area (Å²) in [6.07, 6.45) is 6.75. The first-order valence-electron chi connectivity index (χ1n) is 12.3. The van der Waals surface area contributed by atoms with Crippen molar-refractivity contribution in [1.82, 2.24) is 9.47 Å². The molecule has 7 heteroatoms. The third-order valence-corrected chi connectivity index (χ3v) is 8.88. The molecule has 3 heterocycles. The van der Waals surface area contributed by atoms with E-state index in [0.717, 1.165) is 35.4 Å². The fourth-order valence-electron chi connectivity index (χ4n) is 5.43. The average molecular weight is 518 g/mol. The summed E-state index contributed by atoms with van der Waals surface area (Å²) in [5.74, 6) is 0.790. The van der Waals surface area contributed by atoms with Crippen LogP contribution in [0.2, 0.25) is 5.02 Å². The van der Waals surface area contributed by atoms with Gasteiger partial charge in [-0.2, -0.15) is 0 Å². The number of anilines is 1. The van der Waals surface area contributed by atoms with Gasteiger partial charge in [-0.1, -0.05) is 29.8 Å². The number of thiophene rings is 1. The fraction of sp³-hybridized carbons (Fsp3) is 0.276. The van der Waals surface area contributed by atoms with Gasteiger partial charge in [-0.15, -0.1) is 11.3 Å². The average Bonchev–Trinajstić information content (AvgIpc) is 3.48. The SMILES string of the molecule is COc1ccc([C@H]2c3cccn3-c3sc4c(c3CN2C(=O)Nc2ccc(C)cc2Cl)CCCC4)cc1. The molecule has 1 aliphatic carbocycles. The Hall–Kier alpha value is -3.22. The minimum atomic E-state index is -0.269. The molecule has 0 saturated heterocycles. The summed E-state index contributed by atoms with van der Waals surface area (Å²) in [5, 5.41) is 4.89. The Morgan fingerprint density at radius 2 is 1.89 bits per heavy atom. The molecule has 0 fully saturated rings. The number of methoxy groups -OCH3 is 1. The van der Waals surface area contributed by atoms with Gasteiger partial charge in [-0.25, -0.2) is 4.79 Å². The van der Waals surface area contributed by atoms with Crippen LogP contribution in [0.1, 0.15) is 51.7 Å². The van der Waals surface area contributed by atoms with E-state index in [2.05, 4.69) is 40.3 Å². The van der Waals surface area contributed by atoms with E-state index in [-0.39, 0.29) is 12.1 Å². The Morgan fingerprint density at radius 1 is 1.08 bits per heavy atom. The molecule has 36 heavy (non-hydrogen) atoms. The van der Waals surface area contributed by atoms with E-state index >= 15 is 0 Å². The molecule has 5 nitrogen and oxygen atoms in total. The maximum atomic E-state index is 14.0. The van der Waals surface area contributed by atoms with Crippen LogP contribution in [-0.4, -0.2) is 22.6 Å². The molecule has 0 spiro atoms. The molecular weight excluding hydrogens is 490 g/mol. The van der Waals surface area contributed by atoms with Gasteiger partial charge >= 0.3 is 6.03 Å². The molecule has 0 bridgehead atoms. The van der Waals surface area contributed by atoms with Crippen LogP contribution in [-0.2, 0) is 19.4 Å². The van der Waals surface area contributed by atoms with E-state index < -0.39 is 0 Å². The molecule has 2 aromatic carbocycles. The summed E-state index contributed by atoms with van der Waals surface area (Å²) in [6, 6.07) is 17.5. The molecule has 184 valence electrons. The van der Waals surface area contributed by atoms with Gasteiger partial charge in [-0.05, 0) is 85.7 Å². The number of nitrogens with zero attached hydrogens (tertiary/aromatic N) is 2. The van der Waals surface area contributed by atoms with Crippen molar-refractivity contribution in [1.29, 1.82) is 0 Å². The maximum absolute atomic E-state index is 14.0. The molecule has 0 unspecified atom stereocenters. The second kappa shape index (κ2) is 9.34. The lowest BCUT2D eigenvalue weighted by atomic mass is 9.95. The summed E-state index contributed by atoms with van der Waals surface area (Å²) in [5.41, 5.74) is 6.48. The van der Waals surface area contributed by atoms with Crippen LogP contribution in [0, 0.1) is 6.92 Å². The van der Waals surface area contributed by atoms with E-state index in [9.17, 15) is 4.79 Å². The van der Waals surface area contributed by atoms with Crippen molar-refractivity contribution in [3.8, 4) is 10.8 Å². The van der Waals surface area contributed by atoms with Crippen molar-refractivity contribution in [2.24, 2.45) is 0 Å². The van der Waals surface area contributed by atoms with Gasteiger partial charge < -0.3 is 19.5 Å². The molecule has 2 amide bonds. The number of nitrogens with one attached hydrogen (secondary N) is 1. The van der Waals surface area contributed by atoms with Crippen molar-refractivity contribution in [3.63, 3.8) is 0 Å². The fourth-order valence-corrected chi connectivity index (χ4v) is 7.12. The zero-order valence-electron chi connectivity index (χ0n) is 20.4. The standard InChI is InChI=1S/C29H28ClN3O2S/c1-18-9-14-24(23(30)16-18)31-29(34)33-17-22-21-6-3-4-8-26(21)36-28(22)32-15-5-7-25(32)27(33)19-10-12-20(35-2)13-11-19/h5,7,9-16,27H,3-4,6,8,17H2,1-2H3,(H,31,34)/t27-/m0/s1. The highest BCUT2D eigenvalue weighted by Gasteiger charge is 2.36. The zero-order valence-corrected chi connectivity index (χ0v) is 22.0. The first-order chi connectivity index (χ1) is 17.5. The highest BCUT2D eigenvalue weighted by Crippen LogP contribution is 2.44. The Bertz CT molecular complexity index is 1440. The summed E-state index contributed by atoms with van der Waals surface area (Å²) in [6.45, 7) is 2.52. The van der Waals surface area contributed by atoms with Crippen molar-refractivity contribution in [2.45, 2.75) is 45.2 Å². The monoisotopic (exact) mass is 517 g/mol. The molecule has 2 aromatic heterocycles. The van der Waals surface area contributed by atoms with Crippen LogP contribution >= 0.6 is 22.9 Å². The number of urea groups is 1. The number of halogens is 1. The summed E-state index contributed by atoms with van der Waals surface area (Å²) in [4.78, 5) is 17.4. The number of fused-ring (bicyclic) bond motifs is 5. The predicted octanol–water partition coefficient (Wildman–Crippen LogP) is 7.53. The lowest BCUT2D eigenvalue weighted by molar-refractivity contribution is 0.194. The number of hydrogen-bond acceptors (Lipinski definition) is 3. The van der Waals surface area contributed by atoms with Gasteiger partial charge in [0.05, 0.1) is 36.1 Å². The van der Waals surface area contributed by atoms with Gasteiger partial charge in [0.2, 0.25) is 0 Å². The van der Waals surface area contributed by atoms with Crippen molar-refractivity contribution >= 4 is 34.7 Å². The second-order valence-electron chi connectivity index (χ2n) is 9.51. The van der Waals surface area contributed by atoms with Crippen LogP contribution in [0.25, 0.3) is 5.00 Å². The summed E-state index contributed by atoms with van der Waals surface area (Å²) in [7, 11) is 1.66. The van der Waals surface area contributed by atoms with Gasteiger partial charge in [0.1, 0.15) is 10.8 Å². The number of benzene rings is 2. The van der Waals surface area contributed by atoms with Gasteiger partial charge in [-0.3, -0.25) is 0 Å². The minimum absolute atomic E-state index is 0.169. The van der Waals surface area contributed by atoms with Crippen molar-refractivity contribution < 1.29 is 9.53 Å². The molecule has 1 N–H and O–H groups in total. The molecule has 0 radical (unpaired) electrons. The normalized spacial score (nSPS) is 16.5. The molecule has 6 rings (SSSR count). The van der Waals surface area contributed by atoms with Crippen molar-refractivity contribution in [3.05, 3.63) is 98.6 Å². The Labute approximate surface area is 220 Å². The van der Waals surface area contributed by atoms with Crippen LogP contribution < -0.4 is 10.1 Å². The number of carbonyl (C=O) groups excluding carboxylic acids is 1. The van der Waals surface area contributed by atoms with Gasteiger partial charge in [0.25, 0.3) is 0 Å². The van der Waals surface area contributed by atoms with Crippen LogP contribution in [0.3, 0.4) is 0 Å². The molecule has 0 saturated carbocycles. The first kappa shape index (κ1) is 23.2. The van der Waals surface area contributed by atoms with Crippen LogP contribution in [0.15, 0.2) is 60.8 Å². The Morgan fingerprint density at radius 3 is 2.67 bits per heavy atom. The third-order valence-electron chi connectivity index (χ3n) is 7.24. The number of rotatable bonds is 3. The second-order valence-corrected chi connectivity index (χ2v) is 11.0. The maximum Gasteiger partial charge on any atom is 0.323 e. The zero-order chi connectivity index (χ0) is 24.8. The highest BCUT2D eigenvalue weighted by atomic mass is 35.5. The van der Waals surface area contributed by atoms with Crippen LogP contribution in [0.5, 0.6) is 5.75 Å². The quantitative estimate of drug-likeness (QED) is 0.305. The van der Waals surface area contributed by atoms with E-state index in [1.165, 1.54) is 33.8 Å². The van der Waals surface area contributed by atoms with E-state index in [1.807, 2.05) is 53.5 Å². The molecular formula is C29H28ClN3O2S. The van der Waals surface area contributed by atoms with E-state index in [1.54, 1.807) is 7.11 Å². The lowest BCUT2D eigenvalue weighted by Crippen LogP contribution is -2.38. The van der Waals surface area contributed by atoms with E-state index in [4.69, 9.17) is 16.3 Å². The smallest absolute Gasteiger partial charge is 0.323 e. The number of hydrogen-bond donors (Lipinski definition) is 1. The molecule has 4 aromatic rings. The largest absolute Gasteiger partial charge is 0.497 e. The topological polar surface area (TPSA) is 46.5 Å².